The third kappa shape index (κ3) is 3.43. The minimum absolute atomic E-state index is 0.871. The van der Waals surface area contributed by atoms with Gasteiger partial charge in [-0.1, -0.05) is 19.1 Å². The van der Waals surface area contributed by atoms with E-state index in [-0.39, 0.29) is 0 Å². The zero-order chi connectivity index (χ0) is 15.2. The van der Waals surface area contributed by atoms with E-state index in [9.17, 15) is 0 Å². The zero-order valence-electron chi connectivity index (χ0n) is 13.1. The Kier molecular flexibility index (Phi) is 4.99. The molecule has 21 heavy (non-hydrogen) atoms. The van der Waals surface area contributed by atoms with Crippen molar-refractivity contribution in [1.82, 2.24) is 0 Å². The van der Waals surface area contributed by atoms with Crippen LogP contribution in [0.3, 0.4) is 0 Å². The van der Waals surface area contributed by atoms with E-state index in [1.165, 1.54) is 5.69 Å². The Morgan fingerprint density at radius 1 is 0.952 bits per heavy atom. The van der Waals surface area contributed by atoms with E-state index >= 15 is 0 Å². The van der Waals surface area contributed by atoms with Crippen LogP contribution in [-0.4, -0.2) is 14.2 Å². The molecule has 1 aromatic heterocycles. The van der Waals surface area contributed by atoms with Crippen LogP contribution in [0.2, 0.25) is 0 Å². The molecular weight excluding hydrogens is 262 g/mol. The molecule has 0 amide bonds. The predicted molar refractivity (Wildman–Crippen MR) is 85.5 cm³/mol. The van der Waals surface area contributed by atoms with Gasteiger partial charge in [0.25, 0.3) is 0 Å². The average Bonchev–Trinajstić information content (AvgIpc) is 2.53. The molecule has 0 N–H and O–H groups in total. The molecule has 3 heteroatoms. The number of rotatable bonds is 5. The van der Waals surface area contributed by atoms with E-state index in [0.717, 1.165) is 29.2 Å². The van der Waals surface area contributed by atoms with Crippen molar-refractivity contribution in [3.8, 4) is 11.5 Å². The lowest BCUT2D eigenvalue weighted by molar-refractivity contribution is -0.681. The Bertz CT molecular complexity index is 630. The van der Waals surface area contributed by atoms with Gasteiger partial charge in [-0.05, 0) is 29.8 Å². The first-order valence-corrected chi connectivity index (χ1v) is 7.07. The summed E-state index contributed by atoms with van der Waals surface area (Å²) in [5.74, 6) is 1.80. The highest BCUT2D eigenvalue weighted by atomic mass is 16.5. The van der Waals surface area contributed by atoms with Crippen LogP contribution in [0.15, 0.2) is 36.4 Å². The maximum Gasteiger partial charge on any atom is 0.223 e. The van der Waals surface area contributed by atoms with Gasteiger partial charge in [-0.15, -0.1) is 0 Å². The number of hydrogen-bond acceptors (Lipinski definition) is 2. The van der Waals surface area contributed by atoms with Crippen LogP contribution >= 0.6 is 0 Å². The number of nitrogens with zero attached hydrogens (tertiary/aromatic N) is 1. The van der Waals surface area contributed by atoms with Gasteiger partial charge >= 0.3 is 0 Å². The highest BCUT2D eigenvalue weighted by Crippen LogP contribution is 2.17. The van der Waals surface area contributed by atoms with E-state index in [1.807, 2.05) is 30.3 Å². The molecular formula is C18H22NO2+. The van der Waals surface area contributed by atoms with Crippen molar-refractivity contribution in [3.05, 3.63) is 53.3 Å². The molecule has 0 bridgehead atoms. The minimum atomic E-state index is 0.871. The van der Waals surface area contributed by atoms with Gasteiger partial charge in [0.15, 0.2) is 5.75 Å². The van der Waals surface area contributed by atoms with Crippen molar-refractivity contribution in [2.75, 3.05) is 14.2 Å². The largest absolute Gasteiger partial charge is 0.497 e. The fourth-order valence-corrected chi connectivity index (χ4v) is 2.35. The van der Waals surface area contributed by atoms with Crippen LogP contribution in [-0.2, 0) is 13.5 Å². The predicted octanol–water partition coefficient (Wildman–Crippen LogP) is 3.26. The molecule has 0 radical (unpaired) electrons. The van der Waals surface area contributed by atoms with Crippen molar-refractivity contribution >= 4 is 12.2 Å². The van der Waals surface area contributed by atoms with Crippen LogP contribution in [0.1, 0.15) is 23.9 Å². The first-order chi connectivity index (χ1) is 10.2. The van der Waals surface area contributed by atoms with Gasteiger partial charge in [0, 0.05) is 18.6 Å². The second-order valence-electron chi connectivity index (χ2n) is 4.79. The second-order valence-corrected chi connectivity index (χ2v) is 4.79. The fourth-order valence-electron chi connectivity index (χ4n) is 2.35. The summed E-state index contributed by atoms with van der Waals surface area (Å²) in [7, 11) is 5.45. The molecule has 0 aliphatic carbocycles. The summed E-state index contributed by atoms with van der Waals surface area (Å²) in [5.41, 5.74) is 3.47. The number of pyridine rings is 1. The minimum Gasteiger partial charge on any atom is -0.497 e. The topological polar surface area (TPSA) is 22.3 Å². The second kappa shape index (κ2) is 6.93. The molecule has 0 atom stereocenters. The van der Waals surface area contributed by atoms with Crippen molar-refractivity contribution in [2.24, 2.45) is 7.05 Å². The molecule has 110 valence electrons. The van der Waals surface area contributed by atoms with Gasteiger partial charge in [-0.2, -0.15) is 4.57 Å². The van der Waals surface area contributed by atoms with Crippen LogP contribution in [0.4, 0.5) is 0 Å². The van der Waals surface area contributed by atoms with Crippen molar-refractivity contribution in [1.29, 1.82) is 0 Å². The quantitative estimate of drug-likeness (QED) is 0.786. The molecule has 2 rings (SSSR count). The number of ether oxygens (including phenoxy) is 2. The van der Waals surface area contributed by atoms with Gasteiger partial charge in [0.2, 0.25) is 11.4 Å². The van der Waals surface area contributed by atoms with Gasteiger partial charge in [0.1, 0.15) is 12.8 Å². The molecule has 1 heterocycles. The molecule has 0 aliphatic heterocycles. The highest BCUT2D eigenvalue weighted by Gasteiger charge is 2.15. The molecule has 0 saturated carbocycles. The van der Waals surface area contributed by atoms with Crippen LogP contribution in [0.5, 0.6) is 11.5 Å². The normalized spacial score (nSPS) is 10.9. The van der Waals surface area contributed by atoms with Crippen molar-refractivity contribution in [2.45, 2.75) is 13.3 Å². The zero-order valence-corrected chi connectivity index (χ0v) is 13.1. The standard InChI is InChI=1S/C18H22NO2/c1-5-17-18(21-4)13-10-15(19(17)2)9-6-14-7-11-16(20-3)12-8-14/h6-13H,5H2,1-4H3/q+1/b9-6+. The summed E-state index contributed by atoms with van der Waals surface area (Å²) in [4.78, 5) is 0. The van der Waals surface area contributed by atoms with Crippen molar-refractivity contribution in [3.63, 3.8) is 0 Å². The third-order valence-electron chi connectivity index (χ3n) is 3.60. The van der Waals surface area contributed by atoms with Crippen LogP contribution in [0.25, 0.3) is 12.2 Å². The van der Waals surface area contributed by atoms with Gasteiger partial charge < -0.3 is 9.47 Å². The first kappa shape index (κ1) is 15.1. The van der Waals surface area contributed by atoms with E-state index < -0.39 is 0 Å². The summed E-state index contributed by atoms with van der Waals surface area (Å²) in [6.07, 6.45) is 5.14. The molecule has 0 aliphatic rings. The summed E-state index contributed by atoms with van der Waals surface area (Å²) >= 11 is 0. The summed E-state index contributed by atoms with van der Waals surface area (Å²) in [6, 6.07) is 12.1. The SMILES string of the molecule is CCc1c(OC)ccc(/C=C/c2ccc(OC)cc2)[n+]1C. The molecule has 3 nitrogen and oxygen atoms in total. The maximum absolute atomic E-state index is 5.40. The van der Waals surface area contributed by atoms with Crippen LogP contribution in [0, 0.1) is 0 Å². The summed E-state index contributed by atoms with van der Waals surface area (Å²) in [5, 5.41) is 0. The Morgan fingerprint density at radius 3 is 2.24 bits per heavy atom. The van der Waals surface area contributed by atoms with Crippen LogP contribution < -0.4 is 14.0 Å². The monoisotopic (exact) mass is 284 g/mol. The Labute approximate surface area is 126 Å². The lowest BCUT2D eigenvalue weighted by atomic mass is 10.1. The van der Waals surface area contributed by atoms with E-state index in [1.54, 1.807) is 14.2 Å². The number of hydrogen-bond donors (Lipinski definition) is 0. The molecule has 0 spiro atoms. The smallest absolute Gasteiger partial charge is 0.223 e. The lowest BCUT2D eigenvalue weighted by Gasteiger charge is -2.06. The summed E-state index contributed by atoms with van der Waals surface area (Å²) in [6.45, 7) is 2.13. The van der Waals surface area contributed by atoms with E-state index in [4.69, 9.17) is 9.47 Å². The molecule has 0 saturated heterocycles. The van der Waals surface area contributed by atoms with Gasteiger partial charge in [-0.3, -0.25) is 0 Å². The Morgan fingerprint density at radius 2 is 1.67 bits per heavy atom. The number of methoxy groups -OCH3 is 2. The molecule has 0 unspecified atom stereocenters. The maximum atomic E-state index is 5.40. The molecule has 2 aromatic rings. The molecule has 0 fully saturated rings. The van der Waals surface area contributed by atoms with E-state index in [0.29, 0.717) is 0 Å². The van der Waals surface area contributed by atoms with E-state index in [2.05, 4.69) is 36.8 Å². The lowest BCUT2D eigenvalue weighted by Crippen LogP contribution is -2.37. The number of aromatic nitrogens is 1. The summed E-state index contributed by atoms with van der Waals surface area (Å²) < 4.78 is 12.7. The van der Waals surface area contributed by atoms with Gasteiger partial charge in [0.05, 0.1) is 14.2 Å². The average molecular weight is 284 g/mol. The highest BCUT2D eigenvalue weighted by molar-refractivity contribution is 5.67. The number of benzene rings is 1. The van der Waals surface area contributed by atoms with Gasteiger partial charge in [-0.25, -0.2) is 0 Å². The Hall–Kier alpha value is -2.29. The third-order valence-corrected chi connectivity index (χ3v) is 3.60. The fraction of sp³-hybridized carbons (Fsp3) is 0.278. The molecule has 1 aromatic carbocycles. The van der Waals surface area contributed by atoms with Crippen molar-refractivity contribution < 1.29 is 14.0 Å². The Balaban J connectivity index is 2.28. The first-order valence-electron chi connectivity index (χ1n) is 7.07.